The molecular weight excluding hydrogens is 575 g/mol. The van der Waals surface area contributed by atoms with Crippen molar-refractivity contribution in [2.75, 3.05) is 0 Å². The molecule has 0 N–H and O–H groups in total. The van der Waals surface area contributed by atoms with Crippen molar-refractivity contribution in [2.24, 2.45) is 41.4 Å². The number of hydrogen-bond donors (Lipinski definition) is 0. The van der Waals surface area contributed by atoms with Crippen LogP contribution in [0.2, 0.25) is 0 Å². The second kappa shape index (κ2) is 14.2. The Labute approximate surface area is 232 Å². The van der Waals surface area contributed by atoms with E-state index in [0.717, 1.165) is 36.5 Å². The fourth-order valence-electron chi connectivity index (χ4n) is 8.63. The Hall–Kier alpha value is 0.450. The first kappa shape index (κ1) is 29.4. The third-order valence-electron chi connectivity index (χ3n) is 10.9. The predicted octanol–water partition coefficient (Wildman–Crippen LogP) is 10.6. The Morgan fingerprint density at radius 2 is 1.00 bits per heavy atom. The Balaban J connectivity index is 1.14. The minimum Gasteiger partial charge on any atom is -0.247 e. The summed E-state index contributed by atoms with van der Waals surface area (Å²) in [5, 5.41) is 0. The van der Waals surface area contributed by atoms with E-state index < -0.39 is 40.4 Å². The van der Waals surface area contributed by atoms with E-state index in [-0.39, 0.29) is 18.8 Å². The zero-order valence-electron chi connectivity index (χ0n) is 22.5. The lowest BCUT2D eigenvalue weighted by Crippen LogP contribution is -2.46. The molecule has 0 saturated heterocycles. The molecular formula is C31H51F4I. The third-order valence-corrected chi connectivity index (χ3v) is 12.5. The second-order valence-electron chi connectivity index (χ2n) is 13.3. The summed E-state index contributed by atoms with van der Waals surface area (Å²) in [6.07, 6.45) is 14.6. The van der Waals surface area contributed by atoms with Crippen LogP contribution in [0.1, 0.15) is 122 Å². The molecule has 0 aliphatic heterocycles. The fourth-order valence-corrected chi connectivity index (χ4v) is 9.21. The van der Waals surface area contributed by atoms with Crippen LogP contribution in [0.4, 0.5) is 17.6 Å². The van der Waals surface area contributed by atoms with Gasteiger partial charge in [0.1, 0.15) is 24.7 Å². The molecule has 36 heavy (non-hydrogen) atoms. The fraction of sp³-hybridized carbons (Fsp3) is 1.00. The lowest BCUT2D eigenvalue weighted by Gasteiger charge is -2.43. The van der Waals surface area contributed by atoms with Crippen LogP contribution in [0.3, 0.4) is 0 Å². The molecule has 4 fully saturated rings. The molecule has 4 atom stereocenters. The van der Waals surface area contributed by atoms with Gasteiger partial charge in [0, 0.05) is 5.92 Å². The van der Waals surface area contributed by atoms with Gasteiger partial charge in [0.05, 0.1) is 3.92 Å². The second-order valence-corrected chi connectivity index (χ2v) is 14.7. The van der Waals surface area contributed by atoms with Crippen molar-refractivity contribution in [3.8, 4) is 0 Å². The molecule has 0 nitrogen and oxygen atoms in total. The Morgan fingerprint density at radius 1 is 0.528 bits per heavy atom. The van der Waals surface area contributed by atoms with Gasteiger partial charge in [0.25, 0.3) is 0 Å². The monoisotopic (exact) mass is 626 g/mol. The first-order chi connectivity index (χ1) is 17.4. The maximum Gasteiger partial charge on any atom is 0.115 e. The molecule has 4 aliphatic carbocycles. The van der Waals surface area contributed by atoms with Gasteiger partial charge >= 0.3 is 0 Å². The number of halogens is 5. The number of hydrogen-bond acceptors (Lipinski definition) is 0. The van der Waals surface area contributed by atoms with Crippen molar-refractivity contribution in [1.29, 1.82) is 0 Å². The first-order valence-electron chi connectivity index (χ1n) is 15.6. The molecule has 4 rings (SSSR count). The van der Waals surface area contributed by atoms with Gasteiger partial charge in [-0.25, -0.2) is 17.6 Å². The maximum absolute atomic E-state index is 15.1. The number of unbranched alkanes of at least 4 members (excludes halogenated alkanes) is 2. The highest BCUT2D eigenvalue weighted by Crippen LogP contribution is 2.47. The van der Waals surface area contributed by atoms with Crippen molar-refractivity contribution in [1.82, 2.24) is 0 Å². The van der Waals surface area contributed by atoms with Gasteiger partial charge in [0.15, 0.2) is 0 Å². The predicted molar refractivity (Wildman–Crippen MR) is 151 cm³/mol. The zero-order chi connectivity index (χ0) is 25.7. The Kier molecular flexibility index (Phi) is 11.6. The van der Waals surface area contributed by atoms with E-state index in [9.17, 15) is 8.78 Å². The summed E-state index contributed by atoms with van der Waals surface area (Å²) in [6, 6.07) is 0. The van der Waals surface area contributed by atoms with Crippen molar-refractivity contribution >= 4 is 22.6 Å². The molecule has 0 spiro atoms. The van der Waals surface area contributed by atoms with Crippen LogP contribution in [-0.2, 0) is 0 Å². The summed E-state index contributed by atoms with van der Waals surface area (Å²) in [5.41, 5.74) is 0. The van der Waals surface area contributed by atoms with Crippen molar-refractivity contribution < 1.29 is 17.6 Å². The van der Waals surface area contributed by atoms with Crippen LogP contribution in [-0.4, -0.2) is 28.6 Å². The van der Waals surface area contributed by atoms with Gasteiger partial charge in [0.2, 0.25) is 0 Å². The average molecular weight is 627 g/mol. The summed E-state index contributed by atoms with van der Waals surface area (Å²) in [7, 11) is 0. The molecule has 0 aromatic heterocycles. The maximum atomic E-state index is 15.1. The van der Waals surface area contributed by atoms with Crippen LogP contribution >= 0.6 is 22.6 Å². The molecule has 0 amide bonds. The quantitative estimate of drug-likeness (QED) is 0.103. The molecule has 0 aromatic carbocycles. The van der Waals surface area contributed by atoms with Gasteiger partial charge in [-0.15, -0.1) is 0 Å². The summed E-state index contributed by atoms with van der Waals surface area (Å²) in [4.78, 5) is 0. The highest BCUT2D eigenvalue weighted by atomic mass is 127. The molecule has 0 bridgehead atoms. The molecule has 0 heterocycles. The molecule has 0 aromatic rings. The molecule has 210 valence electrons. The average Bonchev–Trinajstić information content (AvgIpc) is 2.86. The van der Waals surface area contributed by atoms with E-state index >= 15 is 8.78 Å². The van der Waals surface area contributed by atoms with Crippen LogP contribution in [0, 0.1) is 41.4 Å². The van der Waals surface area contributed by atoms with E-state index in [4.69, 9.17) is 0 Å². The van der Waals surface area contributed by atoms with Crippen LogP contribution in [0.15, 0.2) is 0 Å². The van der Waals surface area contributed by atoms with Gasteiger partial charge in [-0.2, -0.15) is 0 Å². The van der Waals surface area contributed by atoms with Crippen LogP contribution < -0.4 is 0 Å². The largest absolute Gasteiger partial charge is 0.247 e. The topological polar surface area (TPSA) is 0 Å². The van der Waals surface area contributed by atoms with Crippen LogP contribution in [0.5, 0.6) is 0 Å². The zero-order valence-corrected chi connectivity index (χ0v) is 24.7. The lowest BCUT2D eigenvalue weighted by molar-refractivity contribution is -0.0239. The normalized spacial score (nSPS) is 46.5. The molecule has 4 unspecified atom stereocenters. The smallest absolute Gasteiger partial charge is 0.115 e. The van der Waals surface area contributed by atoms with E-state index in [1.54, 1.807) is 0 Å². The lowest BCUT2D eigenvalue weighted by atomic mass is 9.66. The number of rotatable bonds is 9. The van der Waals surface area contributed by atoms with Crippen molar-refractivity contribution in [3.63, 3.8) is 0 Å². The van der Waals surface area contributed by atoms with Gasteiger partial charge < -0.3 is 0 Å². The summed E-state index contributed by atoms with van der Waals surface area (Å²) >= 11 is 1.82. The number of alkyl halides is 5. The minimum absolute atomic E-state index is 0.0928. The molecule has 4 saturated carbocycles. The van der Waals surface area contributed by atoms with E-state index in [1.165, 1.54) is 77.0 Å². The van der Waals surface area contributed by atoms with Crippen molar-refractivity contribution in [3.05, 3.63) is 0 Å². The highest BCUT2D eigenvalue weighted by molar-refractivity contribution is 14.1. The van der Waals surface area contributed by atoms with E-state index in [0.29, 0.717) is 12.8 Å². The molecule has 0 radical (unpaired) electrons. The van der Waals surface area contributed by atoms with Gasteiger partial charge in [-0.05, 0) is 93.3 Å². The third kappa shape index (κ3) is 7.77. The Morgan fingerprint density at radius 3 is 1.50 bits per heavy atom. The van der Waals surface area contributed by atoms with E-state index in [1.807, 2.05) is 22.6 Å². The van der Waals surface area contributed by atoms with Gasteiger partial charge in [-0.1, -0.05) is 87.3 Å². The minimum atomic E-state index is -1.28. The van der Waals surface area contributed by atoms with Crippen molar-refractivity contribution in [2.45, 2.75) is 151 Å². The first-order valence-corrected chi connectivity index (χ1v) is 16.8. The van der Waals surface area contributed by atoms with Crippen LogP contribution in [0.25, 0.3) is 0 Å². The molecule has 5 heteroatoms. The summed E-state index contributed by atoms with van der Waals surface area (Å²) in [5.74, 6) is 2.35. The van der Waals surface area contributed by atoms with E-state index in [2.05, 4.69) is 6.92 Å². The Bertz CT molecular complexity index is 606. The molecule has 4 aliphatic rings. The van der Waals surface area contributed by atoms with Gasteiger partial charge in [-0.3, -0.25) is 0 Å². The summed E-state index contributed by atoms with van der Waals surface area (Å²) < 4.78 is 58.0. The highest BCUT2D eigenvalue weighted by Gasteiger charge is 2.48. The standard InChI is InChI=1S/C31H51F4I/c1-2-3-4-5-20-8-12-23(13-9-20)24-14-10-21(11-15-24)6-7-22-16-26(32)30(27(33)17-22)25-18-28(34)31(36)29(35)19-25/h20-31H,2-19H2,1H3. The SMILES string of the molecule is CCCCCC1CCC(C2CCC(CCC3CC(F)C(C4CC(F)C(I)C(F)C4)C(F)C3)CC2)CC1. The summed E-state index contributed by atoms with van der Waals surface area (Å²) in [6.45, 7) is 2.29.